The third kappa shape index (κ3) is 2.69. The fraction of sp³-hybridized carbons (Fsp3) is 0.111. The summed E-state index contributed by atoms with van der Waals surface area (Å²) in [5.74, 6) is 2.74. The fourth-order valence-electron chi connectivity index (χ4n) is 2.47. The van der Waals surface area contributed by atoms with Crippen molar-refractivity contribution in [2.24, 2.45) is 0 Å². The van der Waals surface area contributed by atoms with Crippen LogP contribution in [0.4, 0.5) is 4.79 Å². The number of methoxy groups -OCH3 is 1. The van der Waals surface area contributed by atoms with Crippen molar-refractivity contribution in [1.29, 1.82) is 0 Å². The van der Waals surface area contributed by atoms with Crippen molar-refractivity contribution < 1.29 is 14.3 Å². The van der Waals surface area contributed by atoms with E-state index in [4.69, 9.17) is 11.2 Å². The van der Waals surface area contributed by atoms with E-state index >= 15 is 0 Å². The molecule has 2 aromatic rings. The highest BCUT2D eigenvalue weighted by Gasteiger charge is 2.34. The van der Waals surface area contributed by atoms with Crippen LogP contribution in [0.25, 0.3) is 16.8 Å². The van der Waals surface area contributed by atoms with Crippen molar-refractivity contribution in [3.8, 4) is 18.1 Å². The summed E-state index contributed by atoms with van der Waals surface area (Å²) in [5, 5.41) is 1.57. The van der Waals surface area contributed by atoms with Gasteiger partial charge in [-0.2, -0.15) is 0 Å². The van der Waals surface area contributed by atoms with Gasteiger partial charge in [-0.1, -0.05) is 36.3 Å². The minimum atomic E-state index is -0.349. The van der Waals surface area contributed by atoms with Crippen LogP contribution in [0.5, 0.6) is 5.75 Å². The molecular weight excluding hydrogens is 310 g/mol. The predicted molar refractivity (Wildman–Crippen MR) is 92.0 cm³/mol. The van der Waals surface area contributed by atoms with Crippen molar-refractivity contribution in [1.82, 2.24) is 4.90 Å². The lowest BCUT2D eigenvalue weighted by molar-refractivity contribution is -0.122. The average molecular weight is 323 g/mol. The molecule has 0 atom stereocenters. The number of carbonyl (C=O) groups is 2. The monoisotopic (exact) mass is 323 g/mol. The number of amides is 2. The average Bonchev–Trinajstić information content (AvgIpc) is 2.83. The van der Waals surface area contributed by atoms with Gasteiger partial charge in [0.05, 0.1) is 18.6 Å². The van der Waals surface area contributed by atoms with Crippen molar-refractivity contribution >= 4 is 39.8 Å². The number of carbonyl (C=O) groups excluding carboxylic acids is 2. The maximum Gasteiger partial charge on any atom is 0.294 e. The van der Waals surface area contributed by atoms with Crippen molar-refractivity contribution in [2.45, 2.75) is 0 Å². The largest absolute Gasteiger partial charge is 0.496 e. The lowest BCUT2D eigenvalue weighted by atomic mass is 10.0. The second-order valence-electron chi connectivity index (χ2n) is 4.87. The quantitative estimate of drug-likeness (QED) is 0.640. The van der Waals surface area contributed by atoms with Gasteiger partial charge in [0.15, 0.2) is 0 Å². The van der Waals surface area contributed by atoms with Crippen LogP contribution in [0.1, 0.15) is 5.56 Å². The topological polar surface area (TPSA) is 46.6 Å². The van der Waals surface area contributed by atoms with E-state index in [1.165, 1.54) is 0 Å². The first-order valence-electron chi connectivity index (χ1n) is 6.90. The molecule has 2 amide bonds. The van der Waals surface area contributed by atoms with E-state index in [0.29, 0.717) is 4.91 Å². The maximum atomic E-state index is 12.3. The minimum absolute atomic E-state index is 0.00856. The number of benzene rings is 2. The number of ether oxygens (including phenoxy) is 1. The highest BCUT2D eigenvalue weighted by Crippen LogP contribution is 2.35. The van der Waals surface area contributed by atoms with E-state index < -0.39 is 0 Å². The molecular formula is C18H13NO3S. The maximum absolute atomic E-state index is 12.3. The van der Waals surface area contributed by atoms with Crippen LogP contribution in [0.3, 0.4) is 0 Å². The zero-order chi connectivity index (χ0) is 16.4. The van der Waals surface area contributed by atoms with Crippen molar-refractivity contribution in [3.05, 3.63) is 46.9 Å². The SMILES string of the molecule is C#CCN1C(=O)SC(=Cc2ccc(OC)c3ccccc23)C1=O. The molecule has 1 saturated heterocycles. The third-order valence-corrected chi connectivity index (χ3v) is 4.45. The molecule has 114 valence electrons. The Bertz CT molecular complexity index is 879. The molecule has 0 bridgehead atoms. The smallest absolute Gasteiger partial charge is 0.294 e. The van der Waals surface area contributed by atoms with Gasteiger partial charge in [-0.25, -0.2) is 0 Å². The van der Waals surface area contributed by atoms with Gasteiger partial charge in [-0.05, 0) is 34.9 Å². The minimum Gasteiger partial charge on any atom is -0.496 e. The Morgan fingerprint density at radius 2 is 1.96 bits per heavy atom. The number of hydrogen-bond donors (Lipinski definition) is 0. The van der Waals surface area contributed by atoms with Gasteiger partial charge < -0.3 is 4.74 Å². The summed E-state index contributed by atoms with van der Waals surface area (Å²) in [7, 11) is 1.62. The molecule has 1 fully saturated rings. The number of imide groups is 1. The van der Waals surface area contributed by atoms with E-state index in [1.54, 1.807) is 13.2 Å². The second-order valence-corrected chi connectivity index (χ2v) is 5.87. The van der Waals surface area contributed by atoms with E-state index in [9.17, 15) is 9.59 Å². The van der Waals surface area contributed by atoms with E-state index in [2.05, 4.69) is 5.92 Å². The molecule has 4 nitrogen and oxygen atoms in total. The second kappa shape index (κ2) is 6.19. The number of thioether (sulfide) groups is 1. The van der Waals surface area contributed by atoms with Crippen LogP contribution in [-0.4, -0.2) is 29.7 Å². The normalized spacial score (nSPS) is 16.2. The Labute approximate surface area is 138 Å². The zero-order valence-electron chi connectivity index (χ0n) is 12.4. The predicted octanol–water partition coefficient (Wildman–Crippen LogP) is 3.52. The molecule has 2 aromatic carbocycles. The molecule has 1 aliphatic heterocycles. The van der Waals surface area contributed by atoms with E-state index in [0.717, 1.165) is 38.7 Å². The van der Waals surface area contributed by atoms with Gasteiger partial charge in [-0.15, -0.1) is 6.42 Å². The molecule has 0 aliphatic carbocycles. The van der Waals surface area contributed by atoms with Crippen LogP contribution in [0, 0.1) is 12.3 Å². The highest BCUT2D eigenvalue weighted by molar-refractivity contribution is 8.18. The Balaban J connectivity index is 2.07. The Morgan fingerprint density at radius 1 is 1.22 bits per heavy atom. The summed E-state index contributed by atoms with van der Waals surface area (Å²) < 4.78 is 5.36. The van der Waals surface area contributed by atoms with Crippen molar-refractivity contribution in [3.63, 3.8) is 0 Å². The number of rotatable bonds is 3. The van der Waals surface area contributed by atoms with Crippen molar-refractivity contribution in [2.75, 3.05) is 13.7 Å². The first-order chi connectivity index (χ1) is 11.2. The van der Waals surface area contributed by atoms with Gasteiger partial charge in [-0.3, -0.25) is 14.5 Å². The van der Waals surface area contributed by atoms with Gasteiger partial charge in [0.2, 0.25) is 0 Å². The number of nitrogens with zero attached hydrogens (tertiary/aromatic N) is 1. The van der Waals surface area contributed by atoms with Crippen LogP contribution in [0.15, 0.2) is 41.3 Å². The number of terminal acetylenes is 1. The van der Waals surface area contributed by atoms with Gasteiger partial charge in [0.25, 0.3) is 11.1 Å². The van der Waals surface area contributed by atoms with Gasteiger partial charge >= 0.3 is 0 Å². The molecule has 3 rings (SSSR count). The van der Waals surface area contributed by atoms with E-state index in [1.807, 2.05) is 36.4 Å². The van der Waals surface area contributed by atoms with E-state index in [-0.39, 0.29) is 17.7 Å². The Morgan fingerprint density at radius 3 is 2.65 bits per heavy atom. The molecule has 1 aliphatic rings. The van der Waals surface area contributed by atoms with Crippen LogP contribution in [0.2, 0.25) is 0 Å². The molecule has 0 aromatic heterocycles. The Hall–Kier alpha value is -2.71. The molecule has 0 N–H and O–H groups in total. The molecule has 1 heterocycles. The van der Waals surface area contributed by atoms with Gasteiger partial charge in [0.1, 0.15) is 5.75 Å². The summed E-state index contributed by atoms with van der Waals surface area (Å²) >= 11 is 0.907. The first-order valence-corrected chi connectivity index (χ1v) is 7.72. The third-order valence-electron chi connectivity index (χ3n) is 3.55. The standard InChI is InChI=1S/C18H13NO3S/c1-3-10-19-17(20)16(23-18(19)21)11-12-8-9-15(22-2)14-7-5-4-6-13(12)14/h1,4-9,11H,10H2,2H3. The van der Waals surface area contributed by atoms with Gasteiger partial charge in [0, 0.05) is 5.39 Å². The number of hydrogen-bond acceptors (Lipinski definition) is 4. The van der Waals surface area contributed by atoms with Crippen LogP contribution in [-0.2, 0) is 4.79 Å². The molecule has 23 heavy (non-hydrogen) atoms. The van der Waals surface area contributed by atoms with Crippen LogP contribution < -0.4 is 4.74 Å². The summed E-state index contributed by atoms with van der Waals surface area (Å²) in [5.41, 5.74) is 0.854. The highest BCUT2D eigenvalue weighted by atomic mass is 32.2. The molecule has 0 radical (unpaired) electrons. The fourth-order valence-corrected chi connectivity index (χ4v) is 3.30. The molecule has 5 heteroatoms. The summed E-state index contributed by atoms with van der Waals surface area (Å²) in [6.45, 7) is -0.00856. The molecule has 0 saturated carbocycles. The summed E-state index contributed by atoms with van der Waals surface area (Å²) in [6, 6.07) is 11.5. The summed E-state index contributed by atoms with van der Waals surface area (Å²) in [6.07, 6.45) is 6.92. The molecule has 0 spiro atoms. The molecule has 0 unspecified atom stereocenters. The lowest BCUT2D eigenvalue weighted by Crippen LogP contribution is -2.28. The Kier molecular flexibility index (Phi) is 4.09. The zero-order valence-corrected chi connectivity index (χ0v) is 13.2. The first kappa shape index (κ1) is 15.2. The lowest BCUT2D eigenvalue weighted by Gasteiger charge is -2.09. The van der Waals surface area contributed by atoms with Crippen LogP contribution >= 0.6 is 11.8 Å². The number of fused-ring (bicyclic) bond motifs is 1. The summed E-state index contributed by atoms with van der Waals surface area (Å²) in [4.78, 5) is 25.6.